The highest BCUT2D eigenvalue weighted by Gasteiger charge is 2.27. The molecule has 0 aliphatic carbocycles. The summed E-state index contributed by atoms with van der Waals surface area (Å²) in [4.78, 5) is 0. The molecule has 0 bridgehead atoms. The summed E-state index contributed by atoms with van der Waals surface area (Å²) in [5, 5.41) is 0. The molecule has 1 atom stereocenters. The largest absolute Gasteiger partial charge is 0.381 e. The Labute approximate surface area is 107 Å². The molecule has 0 aromatic heterocycles. The number of hydrogen-bond acceptors (Lipinski definition) is 3. The monoisotopic (exact) mass is 252 g/mol. The number of halogens is 1. The van der Waals surface area contributed by atoms with Crippen LogP contribution in [0.4, 0.5) is 4.39 Å². The minimum Gasteiger partial charge on any atom is -0.381 e. The fraction of sp³-hybridized carbons (Fsp3) is 0.571. The number of nitrogens with one attached hydrogen (secondary N) is 1. The molecule has 1 fully saturated rings. The van der Waals surface area contributed by atoms with E-state index in [0.29, 0.717) is 11.5 Å². The van der Waals surface area contributed by atoms with Gasteiger partial charge in [0.05, 0.1) is 6.04 Å². The van der Waals surface area contributed by atoms with Crippen molar-refractivity contribution in [1.82, 2.24) is 5.43 Å². The molecule has 3 nitrogen and oxygen atoms in total. The van der Waals surface area contributed by atoms with Crippen molar-refractivity contribution in [1.29, 1.82) is 0 Å². The molecule has 3 N–H and O–H groups in total. The average molecular weight is 252 g/mol. The molecule has 1 saturated heterocycles. The number of benzene rings is 1. The maximum Gasteiger partial charge on any atom is 0.128 e. The van der Waals surface area contributed by atoms with Gasteiger partial charge in [0.25, 0.3) is 0 Å². The van der Waals surface area contributed by atoms with Crippen LogP contribution in [0.3, 0.4) is 0 Å². The second-order valence-electron chi connectivity index (χ2n) is 5.07. The number of aryl methyl sites for hydroxylation is 2. The van der Waals surface area contributed by atoms with E-state index in [1.807, 2.05) is 19.9 Å². The Balaban J connectivity index is 2.32. The highest BCUT2D eigenvalue weighted by atomic mass is 19.1. The molecule has 1 heterocycles. The predicted molar refractivity (Wildman–Crippen MR) is 69.5 cm³/mol. The number of hydrogen-bond donors (Lipinski definition) is 2. The van der Waals surface area contributed by atoms with Crippen molar-refractivity contribution in [2.24, 2.45) is 11.8 Å². The molecule has 18 heavy (non-hydrogen) atoms. The Morgan fingerprint density at radius 2 is 2.00 bits per heavy atom. The minimum atomic E-state index is -0.165. The van der Waals surface area contributed by atoms with Crippen molar-refractivity contribution >= 4 is 0 Å². The van der Waals surface area contributed by atoms with E-state index in [4.69, 9.17) is 10.6 Å². The van der Waals surface area contributed by atoms with Crippen molar-refractivity contribution < 1.29 is 9.13 Å². The van der Waals surface area contributed by atoms with E-state index in [1.165, 1.54) is 0 Å². The molecule has 1 aliphatic heterocycles. The highest BCUT2D eigenvalue weighted by Crippen LogP contribution is 2.33. The van der Waals surface area contributed by atoms with Crippen molar-refractivity contribution in [3.8, 4) is 0 Å². The van der Waals surface area contributed by atoms with Crippen LogP contribution in [-0.4, -0.2) is 13.2 Å². The van der Waals surface area contributed by atoms with E-state index in [-0.39, 0.29) is 11.9 Å². The molecular weight excluding hydrogens is 231 g/mol. The van der Waals surface area contributed by atoms with Gasteiger partial charge in [0, 0.05) is 18.8 Å². The lowest BCUT2D eigenvalue weighted by Crippen LogP contribution is -2.37. The van der Waals surface area contributed by atoms with Crippen LogP contribution in [0.5, 0.6) is 0 Å². The average Bonchev–Trinajstić information content (AvgIpc) is 2.34. The van der Waals surface area contributed by atoms with Crippen LogP contribution >= 0.6 is 0 Å². The molecule has 1 aromatic carbocycles. The Morgan fingerprint density at radius 3 is 2.56 bits per heavy atom. The predicted octanol–water partition coefficient (Wildman–Crippen LogP) is 2.37. The van der Waals surface area contributed by atoms with Crippen molar-refractivity contribution in [3.63, 3.8) is 0 Å². The van der Waals surface area contributed by atoms with E-state index >= 15 is 0 Å². The molecule has 0 spiro atoms. The Hall–Kier alpha value is -0.970. The van der Waals surface area contributed by atoms with E-state index in [1.54, 1.807) is 6.07 Å². The zero-order chi connectivity index (χ0) is 13.1. The van der Waals surface area contributed by atoms with Gasteiger partial charge in [0.2, 0.25) is 0 Å². The van der Waals surface area contributed by atoms with E-state index in [0.717, 1.165) is 37.2 Å². The summed E-state index contributed by atoms with van der Waals surface area (Å²) in [6.45, 7) is 5.30. The molecule has 1 aliphatic rings. The lowest BCUT2D eigenvalue weighted by molar-refractivity contribution is 0.0530. The van der Waals surface area contributed by atoms with E-state index < -0.39 is 0 Å². The maximum absolute atomic E-state index is 14.2. The zero-order valence-electron chi connectivity index (χ0n) is 11.0. The summed E-state index contributed by atoms with van der Waals surface area (Å²) in [5.74, 6) is 5.82. The maximum atomic E-state index is 14.2. The lowest BCUT2D eigenvalue weighted by Gasteiger charge is -2.31. The lowest BCUT2D eigenvalue weighted by atomic mass is 9.85. The summed E-state index contributed by atoms with van der Waals surface area (Å²) in [6, 6.07) is 3.45. The van der Waals surface area contributed by atoms with Gasteiger partial charge in [-0.15, -0.1) is 0 Å². The third kappa shape index (κ3) is 2.71. The first-order valence-electron chi connectivity index (χ1n) is 6.44. The van der Waals surface area contributed by atoms with Crippen LogP contribution in [0.1, 0.15) is 35.6 Å². The third-order valence-corrected chi connectivity index (χ3v) is 3.71. The first kappa shape index (κ1) is 13.5. The molecule has 1 unspecified atom stereocenters. The smallest absolute Gasteiger partial charge is 0.128 e. The molecule has 0 saturated carbocycles. The minimum absolute atomic E-state index is 0.130. The van der Waals surface area contributed by atoms with Crippen molar-refractivity contribution in [2.75, 3.05) is 13.2 Å². The van der Waals surface area contributed by atoms with Crippen LogP contribution in [0.2, 0.25) is 0 Å². The van der Waals surface area contributed by atoms with Gasteiger partial charge < -0.3 is 4.74 Å². The number of rotatable bonds is 3. The molecule has 0 radical (unpaired) electrons. The molecule has 0 amide bonds. The van der Waals surface area contributed by atoms with Gasteiger partial charge in [-0.1, -0.05) is 6.07 Å². The quantitative estimate of drug-likeness (QED) is 0.641. The standard InChI is InChI=1S/C14H21FN2O/c1-9-7-10(2)13(12(15)8-9)14(17-16)11-3-5-18-6-4-11/h7-8,11,14,17H,3-6,16H2,1-2H3. The molecule has 1 aromatic rings. The van der Waals surface area contributed by atoms with Gasteiger partial charge in [0.1, 0.15) is 5.82 Å². The summed E-state index contributed by atoms with van der Waals surface area (Å²) in [6.07, 6.45) is 1.84. The second kappa shape index (κ2) is 5.78. The Morgan fingerprint density at radius 1 is 1.33 bits per heavy atom. The summed E-state index contributed by atoms with van der Waals surface area (Å²) in [5.41, 5.74) is 5.40. The van der Waals surface area contributed by atoms with Gasteiger partial charge in [-0.05, 0) is 49.8 Å². The number of nitrogens with two attached hydrogens (primary N) is 1. The Kier molecular flexibility index (Phi) is 4.32. The van der Waals surface area contributed by atoms with Gasteiger partial charge in [-0.25, -0.2) is 4.39 Å². The van der Waals surface area contributed by atoms with Crippen LogP contribution in [-0.2, 0) is 4.74 Å². The second-order valence-corrected chi connectivity index (χ2v) is 5.07. The third-order valence-electron chi connectivity index (χ3n) is 3.71. The van der Waals surface area contributed by atoms with Gasteiger partial charge in [-0.2, -0.15) is 0 Å². The van der Waals surface area contributed by atoms with E-state index in [9.17, 15) is 4.39 Å². The van der Waals surface area contributed by atoms with Gasteiger partial charge in [0.15, 0.2) is 0 Å². The van der Waals surface area contributed by atoms with Gasteiger partial charge in [-0.3, -0.25) is 11.3 Å². The van der Waals surface area contributed by atoms with Crippen LogP contribution in [0.15, 0.2) is 12.1 Å². The first-order valence-corrected chi connectivity index (χ1v) is 6.44. The molecule has 100 valence electrons. The van der Waals surface area contributed by atoms with E-state index in [2.05, 4.69) is 5.43 Å². The summed E-state index contributed by atoms with van der Waals surface area (Å²) in [7, 11) is 0. The Bertz CT molecular complexity index is 393. The molecular formula is C14H21FN2O. The zero-order valence-corrected chi connectivity index (χ0v) is 11.0. The van der Waals surface area contributed by atoms with Crippen LogP contribution in [0.25, 0.3) is 0 Å². The number of ether oxygens (including phenoxy) is 1. The van der Waals surface area contributed by atoms with Crippen molar-refractivity contribution in [2.45, 2.75) is 32.7 Å². The van der Waals surface area contributed by atoms with Crippen LogP contribution < -0.4 is 11.3 Å². The summed E-state index contributed by atoms with van der Waals surface area (Å²) < 4.78 is 19.5. The highest BCUT2D eigenvalue weighted by molar-refractivity contribution is 5.34. The number of hydrazine groups is 1. The normalized spacial score (nSPS) is 18.9. The summed E-state index contributed by atoms with van der Waals surface area (Å²) >= 11 is 0. The van der Waals surface area contributed by atoms with Gasteiger partial charge >= 0.3 is 0 Å². The molecule has 4 heteroatoms. The molecule has 2 rings (SSSR count). The first-order chi connectivity index (χ1) is 8.63. The van der Waals surface area contributed by atoms with Crippen LogP contribution in [0, 0.1) is 25.6 Å². The topological polar surface area (TPSA) is 47.3 Å². The fourth-order valence-corrected chi connectivity index (χ4v) is 2.83. The SMILES string of the molecule is Cc1cc(C)c(C(NN)C2CCOCC2)c(F)c1. The van der Waals surface area contributed by atoms with Crippen molar-refractivity contribution in [3.05, 3.63) is 34.6 Å². The fourth-order valence-electron chi connectivity index (χ4n) is 2.83.